The summed E-state index contributed by atoms with van der Waals surface area (Å²) >= 11 is 3.53. The number of halogens is 1. The maximum Gasteiger partial charge on any atom is 0.308 e. The van der Waals surface area contributed by atoms with Gasteiger partial charge in [-0.3, -0.25) is 4.79 Å². The maximum absolute atomic E-state index is 11.0. The highest BCUT2D eigenvalue weighted by Gasteiger charge is 2.20. The van der Waals surface area contributed by atoms with Crippen molar-refractivity contribution in [3.8, 4) is 5.75 Å². The van der Waals surface area contributed by atoms with E-state index < -0.39 is 0 Å². The van der Waals surface area contributed by atoms with Crippen molar-refractivity contribution in [3.05, 3.63) is 28.2 Å². The van der Waals surface area contributed by atoms with Crippen LogP contribution in [0.2, 0.25) is 0 Å². The molecule has 5 heteroatoms. The first kappa shape index (κ1) is 14.3. The van der Waals surface area contributed by atoms with Crippen molar-refractivity contribution in [1.82, 2.24) is 5.32 Å². The molecule has 104 valence electrons. The lowest BCUT2D eigenvalue weighted by molar-refractivity contribution is -0.141. The van der Waals surface area contributed by atoms with Crippen LogP contribution in [0.3, 0.4) is 0 Å². The Labute approximate surface area is 121 Å². The molecular weight excluding hydrogens is 310 g/mol. The summed E-state index contributed by atoms with van der Waals surface area (Å²) in [6, 6.07) is 6.53. The quantitative estimate of drug-likeness (QED) is 0.782. The molecule has 1 N–H and O–H groups in total. The fraction of sp³-hybridized carbons (Fsp3) is 0.500. The summed E-state index contributed by atoms with van der Waals surface area (Å²) in [6.45, 7) is 1.17. The highest BCUT2D eigenvalue weighted by Crippen LogP contribution is 2.25. The van der Waals surface area contributed by atoms with Crippen LogP contribution in [0.1, 0.15) is 24.8 Å². The predicted octanol–water partition coefficient (Wildman–Crippen LogP) is 2.64. The minimum atomic E-state index is -0.257. The molecule has 0 saturated heterocycles. The number of carbonyl (C=O) groups excluding carboxylic acids is 1. The van der Waals surface area contributed by atoms with Crippen molar-refractivity contribution < 1.29 is 14.3 Å². The van der Waals surface area contributed by atoms with Gasteiger partial charge in [0.2, 0.25) is 0 Å². The smallest absolute Gasteiger partial charge is 0.308 e. The molecule has 0 spiro atoms. The lowest BCUT2D eigenvalue weighted by Crippen LogP contribution is -2.15. The van der Waals surface area contributed by atoms with Crippen LogP contribution in [0, 0.1) is 0 Å². The largest absolute Gasteiger partial charge is 0.493 e. The van der Waals surface area contributed by atoms with Crippen LogP contribution < -0.4 is 10.1 Å². The van der Waals surface area contributed by atoms with Gasteiger partial charge in [-0.2, -0.15) is 0 Å². The molecular formula is C14H18BrNO3. The van der Waals surface area contributed by atoms with Gasteiger partial charge in [-0.25, -0.2) is 0 Å². The predicted molar refractivity (Wildman–Crippen MR) is 76.1 cm³/mol. The average Bonchev–Trinajstić information content (AvgIpc) is 3.23. The number of methoxy groups -OCH3 is 1. The monoisotopic (exact) mass is 327 g/mol. The first-order valence-electron chi connectivity index (χ1n) is 6.40. The first-order valence-corrected chi connectivity index (χ1v) is 7.20. The maximum atomic E-state index is 11.0. The second-order valence-corrected chi connectivity index (χ2v) is 5.44. The van der Waals surface area contributed by atoms with E-state index in [0.29, 0.717) is 12.6 Å². The van der Waals surface area contributed by atoms with Crippen LogP contribution in [-0.4, -0.2) is 25.7 Å². The molecule has 1 aromatic carbocycles. The van der Waals surface area contributed by atoms with Crippen molar-refractivity contribution in [2.24, 2.45) is 0 Å². The Balaban J connectivity index is 1.85. The standard InChI is InChI=1S/C14H18BrNO3/c1-18-14(17)6-7-19-12-4-5-13(15)10(8-12)9-16-11-2-3-11/h4-5,8,11,16H,2-3,6-7,9H2,1H3. The van der Waals surface area contributed by atoms with Gasteiger partial charge in [0.1, 0.15) is 5.75 Å². The van der Waals surface area contributed by atoms with Gasteiger partial charge < -0.3 is 14.8 Å². The molecule has 0 atom stereocenters. The Morgan fingerprint density at radius 2 is 2.26 bits per heavy atom. The van der Waals surface area contributed by atoms with E-state index in [1.807, 2.05) is 18.2 Å². The second kappa shape index (κ2) is 6.91. The summed E-state index contributed by atoms with van der Waals surface area (Å²) in [6.07, 6.45) is 2.81. The van der Waals surface area contributed by atoms with E-state index in [2.05, 4.69) is 26.0 Å². The summed E-state index contributed by atoms with van der Waals surface area (Å²) in [5.74, 6) is 0.521. The van der Waals surface area contributed by atoms with Gasteiger partial charge >= 0.3 is 5.97 Å². The van der Waals surface area contributed by atoms with E-state index in [0.717, 1.165) is 16.8 Å². The molecule has 1 aromatic rings. The molecule has 1 aliphatic carbocycles. The summed E-state index contributed by atoms with van der Waals surface area (Å²) in [5, 5.41) is 3.46. The Hall–Kier alpha value is -1.07. The topological polar surface area (TPSA) is 47.6 Å². The van der Waals surface area contributed by atoms with Gasteiger partial charge in [-0.05, 0) is 36.6 Å². The second-order valence-electron chi connectivity index (χ2n) is 4.58. The molecule has 19 heavy (non-hydrogen) atoms. The molecule has 0 radical (unpaired) electrons. The van der Waals surface area contributed by atoms with E-state index in [9.17, 15) is 4.79 Å². The van der Waals surface area contributed by atoms with Gasteiger partial charge in [-0.1, -0.05) is 15.9 Å². The van der Waals surface area contributed by atoms with Crippen LogP contribution in [0.5, 0.6) is 5.75 Å². The van der Waals surface area contributed by atoms with Crippen LogP contribution in [-0.2, 0) is 16.1 Å². The van der Waals surface area contributed by atoms with E-state index in [1.165, 1.54) is 25.5 Å². The number of hydrogen-bond acceptors (Lipinski definition) is 4. The third-order valence-electron chi connectivity index (χ3n) is 2.98. The average molecular weight is 328 g/mol. The zero-order chi connectivity index (χ0) is 13.7. The number of nitrogens with one attached hydrogen (secondary N) is 1. The van der Waals surface area contributed by atoms with Crippen LogP contribution in [0.15, 0.2) is 22.7 Å². The van der Waals surface area contributed by atoms with Crippen LogP contribution >= 0.6 is 15.9 Å². The summed E-state index contributed by atoms with van der Waals surface area (Å²) < 4.78 is 11.2. The van der Waals surface area contributed by atoms with E-state index in [1.54, 1.807) is 0 Å². The zero-order valence-corrected chi connectivity index (χ0v) is 12.5. The first-order chi connectivity index (χ1) is 9.19. The molecule has 0 aliphatic heterocycles. The Morgan fingerprint density at radius 1 is 1.47 bits per heavy atom. The van der Waals surface area contributed by atoms with E-state index in [4.69, 9.17) is 4.74 Å². The fourth-order valence-electron chi connectivity index (χ4n) is 1.67. The summed E-state index contributed by atoms with van der Waals surface area (Å²) in [5.41, 5.74) is 1.17. The molecule has 1 saturated carbocycles. The van der Waals surface area contributed by atoms with Crippen molar-refractivity contribution in [1.29, 1.82) is 0 Å². The molecule has 4 nitrogen and oxygen atoms in total. The molecule has 0 aromatic heterocycles. The number of esters is 1. The van der Waals surface area contributed by atoms with Gasteiger partial charge in [0, 0.05) is 17.1 Å². The molecule has 1 aliphatic rings. The molecule has 1 fully saturated rings. The normalized spacial score (nSPS) is 14.2. The molecule has 0 unspecified atom stereocenters. The van der Waals surface area contributed by atoms with E-state index >= 15 is 0 Å². The number of ether oxygens (including phenoxy) is 2. The number of benzene rings is 1. The highest BCUT2D eigenvalue weighted by molar-refractivity contribution is 9.10. The number of carbonyl (C=O) groups is 1. The van der Waals surface area contributed by atoms with Crippen molar-refractivity contribution in [3.63, 3.8) is 0 Å². The minimum absolute atomic E-state index is 0.257. The minimum Gasteiger partial charge on any atom is -0.493 e. The van der Waals surface area contributed by atoms with Crippen molar-refractivity contribution in [2.45, 2.75) is 31.8 Å². The Morgan fingerprint density at radius 3 is 2.95 bits per heavy atom. The Kier molecular flexibility index (Phi) is 5.22. The summed E-state index contributed by atoms with van der Waals surface area (Å²) in [7, 11) is 1.38. The number of rotatable bonds is 7. The molecule has 0 heterocycles. The molecule has 0 bridgehead atoms. The SMILES string of the molecule is COC(=O)CCOc1ccc(Br)c(CNC2CC2)c1. The van der Waals surface area contributed by atoms with Crippen molar-refractivity contribution in [2.75, 3.05) is 13.7 Å². The molecule has 0 amide bonds. The third kappa shape index (κ3) is 4.84. The third-order valence-corrected chi connectivity index (χ3v) is 3.75. The van der Waals surface area contributed by atoms with Gasteiger partial charge in [0.05, 0.1) is 20.1 Å². The lowest BCUT2D eigenvalue weighted by atomic mass is 10.2. The Bertz CT molecular complexity index is 446. The fourth-order valence-corrected chi connectivity index (χ4v) is 2.06. The molecule has 2 rings (SSSR count). The van der Waals surface area contributed by atoms with Gasteiger partial charge in [0.15, 0.2) is 0 Å². The van der Waals surface area contributed by atoms with Gasteiger partial charge in [-0.15, -0.1) is 0 Å². The highest BCUT2D eigenvalue weighted by atomic mass is 79.9. The van der Waals surface area contributed by atoms with Crippen LogP contribution in [0.25, 0.3) is 0 Å². The van der Waals surface area contributed by atoms with Crippen LogP contribution in [0.4, 0.5) is 0 Å². The van der Waals surface area contributed by atoms with Gasteiger partial charge in [0.25, 0.3) is 0 Å². The summed E-state index contributed by atoms with van der Waals surface area (Å²) in [4.78, 5) is 11.0. The van der Waals surface area contributed by atoms with E-state index in [-0.39, 0.29) is 12.4 Å². The lowest BCUT2D eigenvalue weighted by Gasteiger charge is -2.10. The van der Waals surface area contributed by atoms with Crippen molar-refractivity contribution >= 4 is 21.9 Å². The number of hydrogen-bond donors (Lipinski definition) is 1. The zero-order valence-electron chi connectivity index (χ0n) is 10.9.